The van der Waals surface area contributed by atoms with Gasteiger partial charge in [0.15, 0.2) is 5.78 Å². The summed E-state index contributed by atoms with van der Waals surface area (Å²) >= 11 is 0. The molecule has 1 aromatic heterocycles. The number of carbonyl (C=O) groups excluding carboxylic acids is 1. The Balaban J connectivity index is 1.21. The summed E-state index contributed by atoms with van der Waals surface area (Å²) < 4.78 is 6.60. The Hall–Kier alpha value is -3.32. The number of anilines is 3. The molecule has 4 heterocycles. The molecule has 38 heavy (non-hydrogen) atoms. The minimum atomic E-state index is 0.170. The van der Waals surface area contributed by atoms with Gasteiger partial charge in [0.25, 0.3) is 0 Å². The third-order valence-corrected chi connectivity index (χ3v) is 8.04. The fraction of sp³-hybridized carbons (Fsp3) is 0.484. The molecule has 3 aliphatic heterocycles. The van der Waals surface area contributed by atoms with E-state index in [9.17, 15) is 4.79 Å². The molecule has 7 nitrogen and oxygen atoms in total. The smallest absolute Gasteiger partial charge is 0.163 e. The number of hydrogen-bond donors (Lipinski definition) is 1. The Morgan fingerprint density at radius 2 is 2.03 bits per heavy atom. The molecule has 1 N–H and O–H groups in total. The summed E-state index contributed by atoms with van der Waals surface area (Å²) in [6.07, 6.45) is 5.25. The average molecular weight is 517 g/mol. The van der Waals surface area contributed by atoms with E-state index in [1.807, 2.05) is 19.1 Å². The number of nitrogens with one attached hydrogen (secondary N) is 1. The van der Waals surface area contributed by atoms with E-state index in [0.717, 1.165) is 95.6 Å². The highest BCUT2D eigenvalue weighted by Crippen LogP contribution is 2.39. The maximum absolute atomic E-state index is 13.2. The number of hydrogen-bond acceptors (Lipinski definition) is 6. The number of nitrogens with zero attached hydrogens (tertiary/aromatic N) is 4. The predicted molar refractivity (Wildman–Crippen MR) is 155 cm³/mol. The molecule has 2 aromatic rings. The van der Waals surface area contributed by atoms with Gasteiger partial charge in [0.2, 0.25) is 0 Å². The van der Waals surface area contributed by atoms with Gasteiger partial charge in [-0.05, 0) is 62.1 Å². The Bertz CT molecular complexity index is 1290. The second-order valence-corrected chi connectivity index (χ2v) is 11.9. The summed E-state index contributed by atoms with van der Waals surface area (Å²) in [5, 5.41) is 3.54. The van der Waals surface area contributed by atoms with E-state index in [0.29, 0.717) is 6.42 Å². The van der Waals surface area contributed by atoms with Crippen LogP contribution < -0.4 is 15.1 Å². The topological polar surface area (TPSA) is 57.7 Å². The standard InChI is InChI=1S/C31H42N5O2/c1-21-18-35(19-21)24-11-12-26-28(17-24)34(3)31(33-26)10-8-7-9-29(37)23-15-22(2)32-27(16-23)25-20-36(4,5)14-13-30(25)38-6/h10-12,15-17,21,33H,7-9,13-14,18-20H2,1-6H3/q+1/b31-10-. The van der Waals surface area contributed by atoms with Gasteiger partial charge in [-0.2, -0.15) is 0 Å². The van der Waals surface area contributed by atoms with Gasteiger partial charge < -0.3 is 24.3 Å². The average Bonchev–Trinajstić information content (AvgIpc) is 3.18. The molecule has 0 saturated carbocycles. The first-order valence-corrected chi connectivity index (χ1v) is 13.8. The number of Topliss-reactive ketones (excluding diaryl/α,β-unsaturated/α-hetero) is 1. The van der Waals surface area contributed by atoms with Crippen LogP contribution in [0.3, 0.4) is 0 Å². The van der Waals surface area contributed by atoms with Crippen LogP contribution in [-0.2, 0) is 4.74 Å². The zero-order chi connectivity index (χ0) is 27.0. The predicted octanol–water partition coefficient (Wildman–Crippen LogP) is 5.44. The summed E-state index contributed by atoms with van der Waals surface area (Å²) in [5.74, 6) is 3.02. The molecule has 0 unspecified atom stereocenters. The van der Waals surface area contributed by atoms with E-state index in [1.165, 1.54) is 11.4 Å². The number of aromatic nitrogens is 1. The summed E-state index contributed by atoms with van der Waals surface area (Å²) in [6.45, 7) is 8.41. The molecule has 0 atom stereocenters. The fourth-order valence-corrected chi connectivity index (χ4v) is 5.78. The third kappa shape index (κ3) is 5.44. The van der Waals surface area contributed by atoms with Crippen molar-refractivity contribution >= 4 is 28.4 Å². The molecule has 5 rings (SSSR count). The highest BCUT2D eigenvalue weighted by atomic mass is 16.5. The van der Waals surface area contributed by atoms with Crippen LogP contribution in [0, 0.1) is 12.8 Å². The number of likely N-dealkylation sites (N-methyl/N-ethyl adjacent to an activating group) is 1. The zero-order valence-corrected chi connectivity index (χ0v) is 23.8. The van der Waals surface area contributed by atoms with Crippen LogP contribution in [0.4, 0.5) is 17.1 Å². The lowest BCUT2D eigenvalue weighted by molar-refractivity contribution is -0.884. The van der Waals surface area contributed by atoms with Crippen molar-refractivity contribution in [2.45, 2.75) is 39.5 Å². The van der Waals surface area contributed by atoms with Crippen molar-refractivity contribution in [2.75, 3.05) is 69.5 Å². The monoisotopic (exact) mass is 516 g/mol. The number of carbonyl (C=O) groups is 1. The van der Waals surface area contributed by atoms with Crippen LogP contribution in [0.1, 0.15) is 54.4 Å². The number of rotatable bonds is 8. The molecule has 0 amide bonds. The quantitative estimate of drug-likeness (QED) is 0.286. The lowest BCUT2D eigenvalue weighted by atomic mass is 9.98. The minimum Gasteiger partial charge on any atom is -0.500 e. The second kappa shape index (κ2) is 10.4. The molecule has 7 heteroatoms. The minimum absolute atomic E-state index is 0.170. The number of ether oxygens (including phenoxy) is 1. The van der Waals surface area contributed by atoms with Crippen LogP contribution in [0.15, 0.2) is 48.0 Å². The van der Waals surface area contributed by atoms with E-state index in [1.54, 1.807) is 7.11 Å². The van der Waals surface area contributed by atoms with Gasteiger partial charge >= 0.3 is 0 Å². The molecule has 202 valence electrons. The van der Waals surface area contributed by atoms with E-state index in [-0.39, 0.29) is 5.78 Å². The second-order valence-electron chi connectivity index (χ2n) is 11.9. The highest BCUT2D eigenvalue weighted by molar-refractivity contribution is 5.96. The molecular weight excluding hydrogens is 474 g/mol. The van der Waals surface area contributed by atoms with Gasteiger partial charge in [0.1, 0.15) is 18.1 Å². The normalized spacial score (nSPS) is 19.9. The van der Waals surface area contributed by atoms with Gasteiger partial charge in [-0.15, -0.1) is 0 Å². The van der Waals surface area contributed by atoms with E-state index in [2.05, 4.69) is 67.5 Å². The molecular formula is C31H42N5O2+. The number of allylic oxidation sites excluding steroid dienone is 1. The Kier molecular flexibility index (Phi) is 7.23. The number of fused-ring (bicyclic) bond motifs is 1. The van der Waals surface area contributed by atoms with E-state index < -0.39 is 0 Å². The molecule has 1 aromatic carbocycles. The Labute approximate surface area is 227 Å². The lowest BCUT2D eigenvalue weighted by Crippen LogP contribution is -2.45. The largest absolute Gasteiger partial charge is 0.500 e. The number of pyridine rings is 1. The number of methoxy groups -OCH3 is 1. The molecule has 1 saturated heterocycles. The van der Waals surface area contributed by atoms with Gasteiger partial charge in [-0.1, -0.05) is 6.92 Å². The Morgan fingerprint density at radius 1 is 1.24 bits per heavy atom. The first-order valence-electron chi connectivity index (χ1n) is 13.8. The van der Waals surface area contributed by atoms with Gasteiger partial charge in [0.05, 0.1) is 56.8 Å². The van der Waals surface area contributed by atoms with Gasteiger partial charge in [0, 0.05) is 43.5 Å². The van der Waals surface area contributed by atoms with Crippen LogP contribution in [0.5, 0.6) is 0 Å². The molecule has 0 aliphatic carbocycles. The van der Waals surface area contributed by atoms with Crippen molar-refractivity contribution in [3.05, 3.63) is 64.9 Å². The van der Waals surface area contributed by atoms with Crippen molar-refractivity contribution < 1.29 is 14.0 Å². The zero-order valence-electron chi connectivity index (χ0n) is 23.8. The molecule has 3 aliphatic rings. The molecule has 0 spiro atoms. The van der Waals surface area contributed by atoms with Crippen LogP contribution in [0.25, 0.3) is 5.57 Å². The van der Waals surface area contributed by atoms with Crippen LogP contribution in [-0.4, -0.2) is 69.7 Å². The van der Waals surface area contributed by atoms with Crippen molar-refractivity contribution in [3.63, 3.8) is 0 Å². The lowest BCUT2D eigenvalue weighted by Gasteiger charge is -2.39. The first kappa shape index (κ1) is 26.3. The SMILES string of the molecule is COC1=C(c2cc(C(=O)CCC/C=C3/Nc4ccc(N5CC(C)C5)cc4N3C)cc(C)n2)C[N+](C)(C)CC1. The number of quaternary nitrogens is 1. The molecule has 0 radical (unpaired) electrons. The third-order valence-electron chi connectivity index (χ3n) is 8.04. The van der Waals surface area contributed by atoms with Crippen LogP contribution in [0.2, 0.25) is 0 Å². The maximum atomic E-state index is 13.2. The first-order chi connectivity index (χ1) is 18.1. The van der Waals surface area contributed by atoms with Crippen molar-refractivity contribution in [1.29, 1.82) is 0 Å². The summed E-state index contributed by atoms with van der Waals surface area (Å²) in [6, 6.07) is 10.5. The summed E-state index contributed by atoms with van der Waals surface area (Å²) in [7, 11) is 8.29. The fourth-order valence-electron chi connectivity index (χ4n) is 5.78. The number of ketones is 1. The Morgan fingerprint density at radius 3 is 2.76 bits per heavy atom. The number of aryl methyl sites for hydroxylation is 1. The number of benzene rings is 1. The number of unbranched alkanes of at least 4 members (excludes halogenated alkanes) is 1. The van der Waals surface area contributed by atoms with Crippen LogP contribution >= 0.6 is 0 Å². The summed E-state index contributed by atoms with van der Waals surface area (Å²) in [4.78, 5) is 22.6. The molecule has 0 bridgehead atoms. The van der Waals surface area contributed by atoms with Crippen molar-refractivity contribution in [3.8, 4) is 0 Å². The van der Waals surface area contributed by atoms with Gasteiger partial charge in [-0.3, -0.25) is 9.78 Å². The van der Waals surface area contributed by atoms with E-state index >= 15 is 0 Å². The highest BCUT2D eigenvalue weighted by Gasteiger charge is 2.30. The van der Waals surface area contributed by atoms with Crippen molar-refractivity contribution in [2.24, 2.45) is 5.92 Å². The van der Waals surface area contributed by atoms with Gasteiger partial charge in [-0.25, -0.2) is 0 Å². The van der Waals surface area contributed by atoms with Crippen molar-refractivity contribution in [1.82, 2.24) is 4.98 Å². The summed E-state index contributed by atoms with van der Waals surface area (Å²) in [5.41, 5.74) is 7.24. The van der Waals surface area contributed by atoms with E-state index in [4.69, 9.17) is 9.72 Å². The maximum Gasteiger partial charge on any atom is 0.163 e. The molecule has 1 fully saturated rings.